The second-order valence-electron chi connectivity index (χ2n) is 4.23. The number of hydrogen-bond donors (Lipinski definition) is 1. The van der Waals surface area contributed by atoms with Gasteiger partial charge in [-0.05, 0) is 31.5 Å². The molecule has 0 aliphatic carbocycles. The van der Waals surface area contributed by atoms with E-state index < -0.39 is 0 Å². The Bertz CT molecular complexity index is 485. The minimum atomic E-state index is 0.872. The zero-order valence-electron chi connectivity index (χ0n) is 10.7. The van der Waals surface area contributed by atoms with Crippen molar-refractivity contribution in [1.29, 1.82) is 0 Å². The van der Waals surface area contributed by atoms with Crippen LogP contribution < -0.4 is 5.32 Å². The van der Waals surface area contributed by atoms with E-state index in [-0.39, 0.29) is 0 Å². The molecular weight excluding hydrogens is 230 g/mol. The van der Waals surface area contributed by atoms with Gasteiger partial charge in [0.2, 0.25) is 0 Å². The van der Waals surface area contributed by atoms with Crippen LogP contribution in [0.4, 0.5) is 0 Å². The number of aryl methyl sites for hydroxylation is 3. The molecule has 0 fully saturated rings. The maximum absolute atomic E-state index is 4.33. The Balaban J connectivity index is 1.85. The lowest BCUT2D eigenvalue weighted by atomic mass is 10.3. The highest BCUT2D eigenvalue weighted by Gasteiger charge is 2.02. The molecule has 1 N–H and O–H groups in total. The molecule has 2 aromatic heterocycles. The van der Waals surface area contributed by atoms with Gasteiger partial charge in [0.1, 0.15) is 0 Å². The average Bonchev–Trinajstić information content (AvgIpc) is 2.86. The van der Waals surface area contributed by atoms with Gasteiger partial charge in [-0.25, -0.2) is 0 Å². The largest absolute Gasteiger partial charge is 0.306 e. The number of thiophene rings is 1. The monoisotopic (exact) mass is 249 g/mol. The summed E-state index contributed by atoms with van der Waals surface area (Å²) in [5.74, 6) is 0. The highest BCUT2D eigenvalue weighted by molar-refractivity contribution is 7.11. The van der Waals surface area contributed by atoms with Gasteiger partial charge in [0.05, 0.1) is 11.4 Å². The van der Waals surface area contributed by atoms with Gasteiger partial charge in [0.15, 0.2) is 0 Å². The summed E-state index contributed by atoms with van der Waals surface area (Å²) in [7, 11) is 1.99. The van der Waals surface area contributed by atoms with Gasteiger partial charge in [-0.15, -0.1) is 11.3 Å². The minimum Gasteiger partial charge on any atom is -0.306 e. The molecule has 0 amide bonds. The molecule has 0 bridgehead atoms. The smallest absolute Gasteiger partial charge is 0.0597 e. The van der Waals surface area contributed by atoms with Crippen LogP contribution in [-0.4, -0.2) is 9.78 Å². The Labute approximate surface area is 106 Å². The quantitative estimate of drug-likeness (QED) is 0.883. The molecule has 0 unspecified atom stereocenters. The molecule has 0 aliphatic heterocycles. The van der Waals surface area contributed by atoms with Gasteiger partial charge in [-0.1, -0.05) is 6.92 Å². The lowest BCUT2D eigenvalue weighted by Crippen LogP contribution is -2.14. The summed E-state index contributed by atoms with van der Waals surface area (Å²) >= 11 is 1.89. The standard InChI is InChI=1S/C13H19N3S/c1-4-12-5-6-13(17-12)9-14-8-11-7-10(2)15-16(11)3/h5-7,14H,4,8-9H2,1-3H3. The van der Waals surface area contributed by atoms with E-state index in [2.05, 4.69) is 35.5 Å². The predicted octanol–water partition coefficient (Wildman–Crippen LogP) is 2.64. The lowest BCUT2D eigenvalue weighted by Gasteiger charge is -2.03. The fourth-order valence-electron chi connectivity index (χ4n) is 1.85. The maximum Gasteiger partial charge on any atom is 0.0597 e. The molecular formula is C13H19N3S. The van der Waals surface area contributed by atoms with E-state index in [1.54, 1.807) is 0 Å². The summed E-state index contributed by atoms with van der Waals surface area (Å²) < 4.78 is 1.94. The SMILES string of the molecule is CCc1ccc(CNCc2cc(C)nn2C)s1. The Morgan fingerprint density at radius 3 is 2.65 bits per heavy atom. The van der Waals surface area contributed by atoms with Crippen LogP contribution in [0.2, 0.25) is 0 Å². The first-order valence-corrected chi connectivity index (χ1v) is 6.78. The van der Waals surface area contributed by atoms with Crippen molar-refractivity contribution in [3.05, 3.63) is 39.3 Å². The maximum atomic E-state index is 4.33. The fraction of sp³-hybridized carbons (Fsp3) is 0.462. The minimum absolute atomic E-state index is 0.872. The fourth-order valence-corrected chi connectivity index (χ4v) is 2.78. The molecule has 17 heavy (non-hydrogen) atoms. The first-order chi connectivity index (χ1) is 8.19. The van der Waals surface area contributed by atoms with Crippen molar-refractivity contribution in [2.75, 3.05) is 0 Å². The van der Waals surface area contributed by atoms with Gasteiger partial charge in [0.25, 0.3) is 0 Å². The van der Waals surface area contributed by atoms with Crippen LogP contribution in [0.3, 0.4) is 0 Å². The van der Waals surface area contributed by atoms with Crippen LogP contribution in [0.15, 0.2) is 18.2 Å². The third-order valence-corrected chi connectivity index (χ3v) is 4.00. The zero-order chi connectivity index (χ0) is 12.3. The summed E-state index contributed by atoms with van der Waals surface area (Å²) in [6.45, 7) is 6.03. The molecule has 2 aromatic rings. The Kier molecular flexibility index (Phi) is 3.97. The molecule has 92 valence electrons. The van der Waals surface area contributed by atoms with Crippen LogP contribution in [0.1, 0.15) is 28.1 Å². The third-order valence-electron chi connectivity index (χ3n) is 2.77. The third kappa shape index (κ3) is 3.17. The van der Waals surface area contributed by atoms with Gasteiger partial charge in [-0.2, -0.15) is 5.10 Å². The van der Waals surface area contributed by atoms with E-state index in [0.717, 1.165) is 25.2 Å². The van der Waals surface area contributed by atoms with Crippen molar-refractivity contribution in [1.82, 2.24) is 15.1 Å². The van der Waals surface area contributed by atoms with Gasteiger partial charge in [-0.3, -0.25) is 4.68 Å². The highest BCUT2D eigenvalue weighted by Crippen LogP contribution is 2.16. The van der Waals surface area contributed by atoms with Crippen LogP contribution in [0, 0.1) is 6.92 Å². The van der Waals surface area contributed by atoms with Gasteiger partial charge >= 0.3 is 0 Å². The molecule has 0 spiro atoms. The van der Waals surface area contributed by atoms with Crippen LogP contribution in [0.5, 0.6) is 0 Å². The van der Waals surface area contributed by atoms with E-state index in [1.807, 2.05) is 30.0 Å². The molecule has 0 radical (unpaired) electrons. The number of nitrogens with one attached hydrogen (secondary N) is 1. The first-order valence-electron chi connectivity index (χ1n) is 5.97. The Hall–Kier alpha value is -1.13. The number of hydrogen-bond acceptors (Lipinski definition) is 3. The van der Waals surface area contributed by atoms with Crippen molar-refractivity contribution in [2.45, 2.75) is 33.4 Å². The predicted molar refractivity (Wildman–Crippen MR) is 72.2 cm³/mol. The summed E-state index contributed by atoms with van der Waals surface area (Å²) in [4.78, 5) is 2.86. The van der Waals surface area contributed by atoms with E-state index >= 15 is 0 Å². The van der Waals surface area contributed by atoms with Gasteiger partial charge < -0.3 is 5.32 Å². The zero-order valence-corrected chi connectivity index (χ0v) is 11.5. The molecule has 0 aromatic carbocycles. The van der Waals surface area contributed by atoms with Crippen molar-refractivity contribution in [3.63, 3.8) is 0 Å². The van der Waals surface area contributed by atoms with E-state index in [1.165, 1.54) is 15.4 Å². The molecule has 2 rings (SSSR count). The molecule has 0 atom stereocenters. The summed E-state index contributed by atoms with van der Waals surface area (Å²) in [6, 6.07) is 6.56. The molecule has 3 nitrogen and oxygen atoms in total. The molecule has 0 saturated carbocycles. The number of aromatic nitrogens is 2. The normalized spacial score (nSPS) is 11.0. The van der Waals surface area contributed by atoms with E-state index in [4.69, 9.17) is 0 Å². The van der Waals surface area contributed by atoms with E-state index in [9.17, 15) is 0 Å². The lowest BCUT2D eigenvalue weighted by molar-refractivity contribution is 0.628. The summed E-state index contributed by atoms with van der Waals surface area (Å²) in [5, 5.41) is 7.79. The average molecular weight is 249 g/mol. The Morgan fingerprint density at radius 2 is 2.06 bits per heavy atom. The molecule has 0 saturated heterocycles. The molecule has 4 heteroatoms. The highest BCUT2D eigenvalue weighted by atomic mass is 32.1. The summed E-state index contributed by atoms with van der Waals surface area (Å²) in [5.41, 5.74) is 2.31. The van der Waals surface area contributed by atoms with Crippen molar-refractivity contribution < 1.29 is 0 Å². The number of rotatable bonds is 5. The van der Waals surface area contributed by atoms with E-state index in [0.29, 0.717) is 0 Å². The van der Waals surface area contributed by atoms with Crippen molar-refractivity contribution in [2.24, 2.45) is 7.05 Å². The van der Waals surface area contributed by atoms with Gasteiger partial charge in [0, 0.05) is 29.9 Å². The second kappa shape index (κ2) is 5.47. The molecule has 0 aliphatic rings. The summed E-state index contributed by atoms with van der Waals surface area (Å²) in [6.07, 6.45) is 1.13. The van der Waals surface area contributed by atoms with Crippen molar-refractivity contribution in [3.8, 4) is 0 Å². The second-order valence-corrected chi connectivity index (χ2v) is 5.48. The van der Waals surface area contributed by atoms with Crippen LogP contribution >= 0.6 is 11.3 Å². The van der Waals surface area contributed by atoms with Crippen LogP contribution in [-0.2, 0) is 26.6 Å². The van der Waals surface area contributed by atoms with Crippen LogP contribution in [0.25, 0.3) is 0 Å². The topological polar surface area (TPSA) is 29.9 Å². The number of nitrogens with zero attached hydrogens (tertiary/aromatic N) is 2. The molecule has 2 heterocycles. The van der Waals surface area contributed by atoms with Crippen molar-refractivity contribution >= 4 is 11.3 Å². The Morgan fingerprint density at radius 1 is 1.29 bits per heavy atom. The first kappa shape index (κ1) is 12.3.